The summed E-state index contributed by atoms with van der Waals surface area (Å²) >= 11 is 0. The summed E-state index contributed by atoms with van der Waals surface area (Å²) < 4.78 is 0. The summed E-state index contributed by atoms with van der Waals surface area (Å²) in [6.07, 6.45) is 3.99. The van der Waals surface area contributed by atoms with Crippen LogP contribution in [0.2, 0.25) is 0 Å². The Balaban J connectivity index is 1.69. The van der Waals surface area contributed by atoms with Crippen molar-refractivity contribution in [2.24, 2.45) is 5.10 Å². The first-order valence-electron chi connectivity index (χ1n) is 6.79. The number of aromatic nitrogens is 2. The van der Waals surface area contributed by atoms with Gasteiger partial charge in [0.25, 0.3) is 0 Å². The number of hydrogen-bond acceptors (Lipinski definition) is 3. The van der Waals surface area contributed by atoms with Gasteiger partial charge in [0.2, 0.25) is 5.95 Å². The van der Waals surface area contributed by atoms with Crippen molar-refractivity contribution < 1.29 is 0 Å². The molecule has 0 fully saturated rings. The van der Waals surface area contributed by atoms with Crippen LogP contribution < -0.4 is 5.43 Å². The van der Waals surface area contributed by atoms with Gasteiger partial charge in [-0.3, -0.25) is 0 Å². The molecule has 0 spiro atoms. The van der Waals surface area contributed by atoms with Crippen molar-refractivity contribution in [1.82, 2.24) is 9.97 Å². The first-order chi connectivity index (χ1) is 10.3. The van der Waals surface area contributed by atoms with E-state index in [0.717, 1.165) is 22.3 Å². The Kier molecular flexibility index (Phi) is 3.78. The number of aromatic amines is 1. The number of allylic oxidation sites excluding steroid dienone is 1. The zero-order valence-electron chi connectivity index (χ0n) is 11.7. The fourth-order valence-electron chi connectivity index (χ4n) is 1.97. The third kappa shape index (κ3) is 3.36. The van der Waals surface area contributed by atoms with Crippen molar-refractivity contribution in [3.8, 4) is 0 Å². The van der Waals surface area contributed by atoms with E-state index < -0.39 is 0 Å². The van der Waals surface area contributed by atoms with E-state index >= 15 is 0 Å². The van der Waals surface area contributed by atoms with Crippen LogP contribution in [0.1, 0.15) is 12.5 Å². The van der Waals surface area contributed by atoms with E-state index in [2.05, 4.69) is 32.6 Å². The number of benzene rings is 2. The largest absolute Gasteiger partial charge is 0.323 e. The molecule has 0 amide bonds. The van der Waals surface area contributed by atoms with E-state index in [1.165, 1.54) is 0 Å². The lowest BCUT2D eigenvalue weighted by Gasteiger charge is -1.96. The Hall–Kier alpha value is -2.88. The number of imidazole rings is 1. The van der Waals surface area contributed by atoms with Crippen LogP contribution in [0.25, 0.3) is 17.1 Å². The number of rotatable bonds is 4. The van der Waals surface area contributed by atoms with Crippen LogP contribution in [0.4, 0.5) is 5.95 Å². The van der Waals surface area contributed by atoms with Gasteiger partial charge in [-0.25, -0.2) is 10.4 Å². The zero-order valence-corrected chi connectivity index (χ0v) is 11.7. The molecule has 0 aliphatic rings. The molecule has 4 heteroatoms. The molecule has 0 aliphatic carbocycles. The highest BCUT2D eigenvalue weighted by atomic mass is 15.4. The molecule has 0 radical (unpaired) electrons. The summed E-state index contributed by atoms with van der Waals surface area (Å²) in [7, 11) is 0. The molecule has 3 rings (SSSR count). The van der Waals surface area contributed by atoms with Gasteiger partial charge in [0, 0.05) is 0 Å². The van der Waals surface area contributed by atoms with Gasteiger partial charge in [-0.1, -0.05) is 48.5 Å². The summed E-state index contributed by atoms with van der Waals surface area (Å²) in [5, 5.41) is 4.29. The molecular weight excluding hydrogens is 260 g/mol. The number of hydrogen-bond donors (Lipinski definition) is 2. The Morgan fingerprint density at radius 1 is 1.10 bits per heavy atom. The van der Waals surface area contributed by atoms with Crippen LogP contribution in [-0.2, 0) is 0 Å². The molecular formula is C17H16N4. The fourth-order valence-corrected chi connectivity index (χ4v) is 1.97. The van der Waals surface area contributed by atoms with Crippen molar-refractivity contribution >= 4 is 28.8 Å². The number of nitrogens with zero attached hydrogens (tertiary/aromatic N) is 2. The molecule has 0 unspecified atom stereocenters. The second kappa shape index (κ2) is 6.05. The first-order valence-corrected chi connectivity index (χ1v) is 6.79. The summed E-state index contributed by atoms with van der Waals surface area (Å²) in [4.78, 5) is 7.58. The van der Waals surface area contributed by atoms with Crippen LogP contribution in [0.3, 0.4) is 0 Å². The molecule has 104 valence electrons. The highest BCUT2D eigenvalue weighted by molar-refractivity contribution is 5.96. The summed E-state index contributed by atoms with van der Waals surface area (Å²) in [6.45, 7) is 1.94. The zero-order chi connectivity index (χ0) is 14.5. The van der Waals surface area contributed by atoms with Crippen LogP contribution >= 0.6 is 0 Å². The molecule has 2 aromatic carbocycles. The van der Waals surface area contributed by atoms with Crippen molar-refractivity contribution in [1.29, 1.82) is 0 Å². The molecule has 0 saturated carbocycles. The molecule has 2 N–H and O–H groups in total. The Morgan fingerprint density at radius 2 is 1.86 bits per heavy atom. The molecule has 0 atom stereocenters. The minimum Gasteiger partial charge on any atom is -0.323 e. The van der Waals surface area contributed by atoms with Gasteiger partial charge in [-0.2, -0.15) is 5.10 Å². The van der Waals surface area contributed by atoms with Gasteiger partial charge in [0.05, 0.1) is 16.7 Å². The highest BCUT2D eigenvalue weighted by Crippen LogP contribution is 2.13. The number of H-pyrrole nitrogens is 1. The Bertz CT molecular complexity index is 752. The van der Waals surface area contributed by atoms with Crippen molar-refractivity contribution in [2.45, 2.75) is 6.92 Å². The van der Waals surface area contributed by atoms with Crippen LogP contribution in [0, 0.1) is 0 Å². The third-order valence-corrected chi connectivity index (χ3v) is 3.04. The van der Waals surface area contributed by atoms with E-state index in [-0.39, 0.29) is 0 Å². The van der Waals surface area contributed by atoms with Gasteiger partial charge in [-0.15, -0.1) is 0 Å². The summed E-state index contributed by atoms with van der Waals surface area (Å²) in [5.41, 5.74) is 6.88. The highest BCUT2D eigenvalue weighted by Gasteiger charge is 1.99. The minimum absolute atomic E-state index is 0.642. The fraction of sp³-hybridized carbons (Fsp3) is 0.0588. The van der Waals surface area contributed by atoms with Crippen molar-refractivity contribution in [2.75, 3.05) is 5.43 Å². The van der Waals surface area contributed by atoms with Crippen molar-refractivity contribution in [3.05, 3.63) is 66.2 Å². The molecule has 21 heavy (non-hydrogen) atoms. The van der Waals surface area contributed by atoms with Gasteiger partial charge in [-0.05, 0) is 30.7 Å². The SMILES string of the molecule is CC(/C=C/c1ccccc1)=N\Nc1nc2ccccc2[nH]1. The molecule has 0 bridgehead atoms. The molecule has 4 nitrogen and oxygen atoms in total. The molecule has 0 saturated heterocycles. The van der Waals surface area contributed by atoms with Crippen LogP contribution in [0.5, 0.6) is 0 Å². The topological polar surface area (TPSA) is 53.1 Å². The minimum atomic E-state index is 0.642. The lowest BCUT2D eigenvalue weighted by atomic mass is 10.2. The summed E-state index contributed by atoms with van der Waals surface area (Å²) in [6, 6.07) is 18.0. The first kappa shape index (κ1) is 13.1. The van der Waals surface area contributed by atoms with E-state index in [9.17, 15) is 0 Å². The molecule has 0 aliphatic heterocycles. The number of para-hydroxylation sites is 2. The second-order valence-electron chi connectivity index (χ2n) is 4.71. The van der Waals surface area contributed by atoms with Gasteiger partial charge < -0.3 is 4.98 Å². The van der Waals surface area contributed by atoms with E-state index in [1.54, 1.807) is 0 Å². The normalized spacial score (nSPS) is 12.1. The molecule has 1 aromatic heterocycles. The van der Waals surface area contributed by atoms with Crippen molar-refractivity contribution in [3.63, 3.8) is 0 Å². The van der Waals surface area contributed by atoms with Gasteiger partial charge in [0.1, 0.15) is 0 Å². The maximum atomic E-state index is 4.41. The third-order valence-electron chi connectivity index (χ3n) is 3.04. The monoisotopic (exact) mass is 276 g/mol. The average Bonchev–Trinajstić information content (AvgIpc) is 2.95. The smallest absolute Gasteiger partial charge is 0.222 e. The maximum Gasteiger partial charge on any atom is 0.222 e. The predicted octanol–water partition coefficient (Wildman–Crippen LogP) is 4.06. The average molecular weight is 276 g/mol. The maximum absolute atomic E-state index is 4.41. The number of fused-ring (bicyclic) bond motifs is 1. The molecule has 3 aromatic rings. The Labute approximate surface area is 123 Å². The lowest BCUT2D eigenvalue weighted by molar-refractivity contribution is 1.21. The standard InChI is InChI=1S/C17H16N4/c1-13(11-12-14-7-3-2-4-8-14)20-21-17-18-15-9-5-6-10-16(15)19-17/h2-12H,1H3,(H2,18,19,21)/b12-11+,20-13+. The predicted molar refractivity (Wildman–Crippen MR) is 88.3 cm³/mol. The number of hydrazone groups is 1. The van der Waals surface area contributed by atoms with E-state index in [4.69, 9.17) is 0 Å². The van der Waals surface area contributed by atoms with E-state index in [0.29, 0.717) is 5.95 Å². The van der Waals surface area contributed by atoms with Crippen LogP contribution in [0.15, 0.2) is 65.8 Å². The van der Waals surface area contributed by atoms with Gasteiger partial charge >= 0.3 is 0 Å². The number of nitrogens with one attached hydrogen (secondary N) is 2. The second-order valence-corrected chi connectivity index (χ2v) is 4.71. The number of anilines is 1. The Morgan fingerprint density at radius 3 is 2.67 bits per heavy atom. The van der Waals surface area contributed by atoms with E-state index in [1.807, 2.05) is 61.5 Å². The quantitative estimate of drug-likeness (QED) is 0.557. The lowest BCUT2D eigenvalue weighted by Crippen LogP contribution is -1.95. The van der Waals surface area contributed by atoms with Crippen LogP contribution in [-0.4, -0.2) is 15.7 Å². The summed E-state index contributed by atoms with van der Waals surface area (Å²) in [5.74, 6) is 0.642. The molecule has 1 heterocycles. The van der Waals surface area contributed by atoms with Gasteiger partial charge in [0.15, 0.2) is 0 Å².